The van der Waals surface area contributed by atoms with Crippen LogP contribution >= 0.6 is 0 Å². The third-order valence-electron chi connectivity index (χ3n) is 1.48. The van der Waals surface area contributed by atoms with Gasteiger partial charge in [-0.05, 0) is 6.42 Å². The number of nitrogens with zero attached hydrogens (tertiary/aromatic N) is 2. The van der Waals surface area contributed by atoms with E-state index in [-0.39, 0.29) is 0 Å². The van der Waals surface area contributed by atoms with Crippen molar-refractivity contribution < 1.29 is 15.1 Å². The van der Waals surface area contributed by atoms with E-state index in [0.29, 0.717) is 6.73 Å². The number of aromatic nitrogens is 2. The molecule has 0 spiro atoms. The summed E-state index contributed by atoms with van der Waals surface area (Å²) in [6.45, 7) is 7.35. The van der Waals surface area contributed by atoms with Crippen LogP contribution in [0.4, 0.5) is 5.69 Å². The molecule has 0 saturated heterocycles. The molecule has 0 unspecified atom stereocenters. The largest absolute Gasteiger partial charge is 0.359 e. The monoisotopic (exact) mass is 216 g/mol. The third-order valence-corrected chi connectivity index (χ3v) is 1.48. The Bertz CT molecular complexity index is 238. The van der Waals surface area contributed by atoms with E-state index >= 15 is 0 Å². The topological polar surface area (TPSA) is 52.9 Å². The Hall–Kier alpha value is -0.910. The SMILES string of the molecule is CC.CCCOCn1cc([NH2+]OC)cn1. The highest BCUT2D eigenvalue weighted by molar-refractivity contribution is 5.18. The van der Waals surface area contributed by atoms with Crippen molar-refractivity contribution in [3.63, 3.8) is 0 Å². The highest BCUT2D eigenvalue weighted by Crippen LogP contribution is 1.96. The summed E-state index contributed by atoms with van der Waals surface area (Å²) in [5.41, 5.74) is 2.59. The lowest BCUT2D eigenvalue weighted by molar-refractivity contribution is -0.830. The maximum atomic E-state index is 5.31. The second-order valence-corrected chi connectivity index (χ2v) is 2.70. The lowest BCUT2D eigenvalue weighted by atomic mass is 10.5. The average molecular weight is 216 g/mol. The second-order valence-electron chi connectivity index (χ2n) is 2.70. The molecule has 88 valence electrons. The molecule has 5 nitrogen and oxygen atoms in total. The molecular formula is C10H22N3O2+. The van der Waals surface area contributed by atoms with Gasteiger partial charge in [-0.1, -0.05) is 20.8 Å². The maximum Gasteiger partial charge on any atom is 0.200 e. The van der Waals surface area contributed by atoms with Gasteiger partial charge in [-0.25, -0.2) is 9.52 Å². The molecular weight excluding hydrogens is 194 g/mol. The van der Waals surface area contributed by atoms with Crippen molar-refractivity contribution in [2.45, 2.75) is 33.9 Å². The van der Waals surface area contributed by atoms with Crippen molar-refractivity contribution in [3.8, 4) is 0 Å². The maximum absolute atomic E-state index is 5.31. The first-order valence-electron chi connectivity index (χ1n) is 5.33. The Labute approximate surface area is 91.3 Å². The number of nitrogens with two attached hydrogens (primary N) is 1. The normalized spacial score (nSPS) is 9.60. The van der Waals surface area contributed by atoms with Crippen molar-refractivity contribution in [2.75, 3.05) is 13.7 Å². The van der Waals surface area contributed by atoms with E-state index in [2.05, 4.69) is 12.0 Å². The number of ether oxygens (including phenoxy) is 1. The zero-order valence-electron chi connectivity index (χ0n) is 10.1. The quantitative estimate of drug-likeness (QED) is 0.571. The molecule has 0 aliphatic rings. The van der Waals surface area contributed by atoms with E-state index in [1.165, 1.54) is 0 Å². The fourth-order valence-corrected chi connectivity index (χ4v) is 0.950. The van der Waals surface area contributed by atoms with Crippen LogP contribution in [0.15, 0.2) is 12.4 Å². The van der Waals surface area contributed by atoms with E-state index < -0.39 is 0 Å². The van der Waals surface area contributed by atoms with Crippen LogP contribution in [-0.2, 0) is 16.3 Å². The van der Waals surface area contributed by atoms with Crippen molar-refractivity contribution in [1.29, 1.82) is 0 Å². The lowest BCUT2D eigenvalue weighted by Gasteiger charge is -2.00. The van der Waals surface area contributed by atoms with Gasteiger partial charge in [-0.2, -0.15) is 10.6 Å². The zero-order valence-corrected chi connectivity index (χ0v) is 10.1. The summed E-state index contributed by atoms with van der Waals surface area (Å²) in [7, 11) is 1.62. The Morgan fingerprint density at radius 2 is 2.20 bits per heavy atom. The van der Waals surface area contributed by atoms with Gasteiger partial charge >= 0.3 is 0 Å². The molecule has 1 heterocycles. The van der Waals surface area contributed by atoms with Crippen molar-refractivity contribution >= 4 is 5.69 Å². The average Bonchev–Trinajstić information content (AvgIpc) is 2.70. The fraction of sp³-hybridized carbons (Fsp3) is 0.700. The van der Waals surface area contributed by atoms with Gasteiger partial charge in [0, 0.05) is 6.61 Å². The Kier molecular flexibility index (Phi) is 9.05. The molecule has 0 atom stereocenters. The molecule has 1 aromatic rings. The summed E-state index contributed by atoms with van der Waals surface area (Å²) in [6.07, 6.45) is 4.64. The third kappa shape index (κ3) is 6.22. The van der Waals surface area contributed by atoms with E-state index in [9.17, 15) is 0 Å². The highest BCUT2D eigenvalue weighted by Gasteiger charge is 2.00. The van der Waals surface area contributed by atoms with Gasteiger partial charge in [0.1, 0.15) is 12.9 Å². The zero-order chi connectivity index (χ0) is 11.5. The molecule has 1 aromatic heterocycles. The van der Waals surface area contributed by atoms with Crippen LogP contribution in [0.5, 0.6) is 0 Å². The first-order chi connectivity index (χ1) is 7.36. The summed E-state index contributed by atoms with van der Waals surface area (Å²) < 4.78 is 7.04. The van der Waals surface area contributed by atoms with Gasteiger partial charge in [0.15, 0.2) is 5.69 Å². The molecule has 0 saturated carbocycles. The summed E-state index contributed by atoms with van der Waals surface area (Å²) >= 11 is 0. The minimum Gasteiger partial charge on any atom is -0.359 e. The van der Waals surface area contributed by atoms with Crippen LogP contribution in [0.2, 0.25) is 0 Å². The smallest absolute Gasteiger partial charge is 0.200 e. The first kappa shape index (κ1) is 14.1. The predicted octanol–water partition coefficient (Wildman–Crippen LogP) is 1.05. The van der Waals surface area contributed by atoms with Crippen molar-refractivity contribution in [1.82, 2.24) is 9.78 Å². The van der Waals surface area contributed by atoms with E-state index in [4.69, 9.17) is 9.57 Å². The van der Waals surface area contributed by atoms with E-state index in [1.54, 1.807) is 23.5 Å². The molecule has 1 rings (SSSR count). The minimum absolute atomic E-state index is 0.505. The molecule has 0 aliphatic heterocycles. The first-order valence-corrected chi connectivity index (χ1v) is 5.33. The molecule has 0 aromatic carbocycles. The number of rotatable bonds is 6. The van der Waals surface area contributed by atoms with Crippen LogP contribution in [0, 0.1) is 0 Å². The van der Waals surface area contributed by atoms with Crippen molar-refractivity contribution in [3.05, 3.63) is 12.4 Å². The van der Waals surface area contributed by atoms with Gasteiger partial charge in [0.25, 0.3) is 0 Å². The highest BCUT2D eigenvalue weighted by atomic mass is 16.6. The Morgan fingerprint density at radius 3 is 2.80 bits per heavy atom. The van der Waals surface area contributed by atoms with Gasteiger partial charge < -0.3 is 4.74 Å². The number of quaternary nitrogens is 1. The van der Waals surface area contributed by atoms with Crippen LogP contribution in [0.25, 0.3) is 0 Å². The summed E-state index contributed by atoms with van der Waals surface area (Å²) in [5.74, 6) is 0. The summed E-state index contributed by atoms with van der Waals surface area (Å²) in [5, 5.41) is 4.09. The lowest BCUT2D eigenvalue weighted by Crippen LogP contribution is -2.75. The minimum atomic E-state index is 0.505. The second kappa shape index (κ2) is 9.64. The molecule has 15 heavy (non-hydrogen) atoms. The van der Waals surface area contributed by atoms with Crippen molar-refractivity contribution in [2.24, 2.45) is 0 Å². The van der Waals surface area contributed by atoms with Crippen LogP contribution in [0.1, 0.15) is 27.2 Å². The fourth-order valence-electron chi connectivity index (χ4n) is 0.950. The van der Waals surface area contributed by atoms with Crippen LogP contribution < -0.4 is 5.48 Å². The standard InChI is InChI=1S/C8H15N3O2.C2H6/c1-3-4-13-7-11-6-8(5-9-11)10-12-2;1-2/h5-6,10H,3-4,7H2,1-2H3;1-2H3/p+1. The molecule has 5 heteroatoms. The number of hydrogen-bond donors (Lipinski definition) is 1. The van der Waals surface area contributed by atoms with Gasteiger partial charge in [0.2, 0.25) is 0 Å². The molecule has 0 amide bonds. The van der Waals surface area contributed by atoms with Crippen LogP contribution in [-0.4, -0.2) is 23.5 Å². The summed E-state index contributed by atoms with van der Waals surface area (Å²) in [4.78, 5) is 4.85. The van der Waals surface area contributed by atoms with Gasteiger partial charge in [-0.15, -0.1) is 0 Å². The summed E-state index contributed by atoms with van der Waals surface area (Å²) in [6, 6.07) is 0. The van der Waals surface area contributed by atoms with E-state index in [0.717, 1.165) is 18.7 Å². The number of hydrogen-bond acceptors (Lipinski definition) is 3. The Morgan fingerprint density at radius 1 is 1.47 bits per heavy atom. The van der Waals surface area contributed by atoms with Crippen LogP contribution in [0.3, 0.4) is 0 Å². The molecule has 2 N–H and O–H groups in total. The van der Waals surface area contributed by atoms with Gasteiger partial charge in [-0.3, -0.25) is 0 Å². The predicted molar refractivity (Wildman–Crippen MR) is 58.4 cm³/mol. The molecule has 0 radical (unpaired) electrons. The molecule has 0 bridgehead atoms. The molecule has 0 fully saturated rings. The molecule has 0 aliphatic carbocycles. The van der Waals surface area contributed by atoms with E-state index in [1.807, 2.05) is 20.0 Å². The van der Waals surface area contributed by atoms with Gasteiger partial charge in [0.05, 0.1) is 13.3 Å². The Balaban J connectivity index is 0.000000921.